The van der Waals surface area contributed by atoms with Crippen LogP contribution in [0.15, 0.2) is 24.3 Å². The molecule has 0 bridgehead atoms. The zero-order valence-electron chi connectivity index (χ0n) is 18.6. The SMILES string of the molecule is CC(C)(C)OC(=O)N(C(=O)OC(C)(C)C)c1nc2n(n1)CCNC2c1ccc(F)cc1. The van der Waals surface area contributed by atoms with Crippen LogP contribution in [0.4, 0.5) is 19.9 Å². The summed E-state index contributed by atoms with van der Waals surface area (Å²) in [5.41, 5.74) is -0.897. The number of aromatic nitrogens is 3. The molecule has 2 amide bonds. The Hall–Kier alpha value is -3.01. The summed E-state index contributed by atoms with van der Waals surface area (Å²) >= 11 is 0. The van der Waals surface area contributed by atoms with Gasteiger partial charge in [-0.15, -0.1) is 10.00 Å². The predicted molar refractivity (Wildman–Crippen MR) is 111 cm³/mol. The summed E-state index contributed by atoms with van der Waals surface area (Å²) in [7, 11) is 0. The first kappa shape index (κ1) is 22.7. The monoisotopic (exact) mass is 433 g/mol. The maximum atomic E-state index is 13.3. The fourth-order valence-corrected chi connectivity index (χ4v) is 3.00. The molecule has 3 rings (SSSR count). The van der Waals surface area contributed by atoms with Gasteiger partial charge in [-0.1, -0.05) is 12.1 Å². The third-order valence-electron chi connectivity index (χ3n) is 4.17. The molecule has 1 aliphatic heterocycles. The fourth-order valence-electron chi connectivity index (χ4n) is 3.00. The maximum absolute atomic E-state index is 13.3. The number of anilines is 1. The average Bonchev–Trinajstić information content (AvgIpc) is 3.02. The largest absolute Gasteiger partial charge is 0.443 e. The Morgan fingerprint density at radius 1 is 1.06 bits per heavy atom. The average molecular weight is 433 g/mol. The molecular weight excluding hydrogens is 405 g/mol. The predicted octanol–water partition coefficient (Wildman–Crippen LogP) is 3.79. The van der Waals surface area contributed by atoms with E-state index in [1.807, 2.05) is 0 Å². The first-order valence-corrected chi connectivity index (χ1v) is 10.0. The Morgan fingerprint density at radius 3 is 2.13 bits per heavy atom. The minimum Gasteiger partial charge on any atom is -0.443 e. The van der Waals surface area contributed by atoms with Crippen LogP contribution >= 0.6 is 0 Å². The van der Waals surface area contributed by atoms with E-state index < -0.39 is 23.4 Å². The van der Waals surface area contributed by atoms with Gasteiger partial charge >= 0.3 is 12.2 Å². The van der Waals surface area contributed by atoms with Crippen LogP contribution in [0, 0.1) is 5.82 Å². The molecular formula is C21H28FN5O4. The van der Waals surface area contributed by atoms with Crippen LogP contribution in [0.3, 0.4) is 0 Å². The second-order valence-corrected chi connectivity index (χ2v) is 9.23. The number of hydrogen-bond donors (Lipinski definition) is 1. The van der Waals surface area contributed by atoms with Gasteiger partial charge in [-0.05, 0) is 59.2 Å². The molecule has 0 aliphatic carbocycles. The van der Waals surface area contributed by atoms with Gasteiger partial charge < -0.3 is 14.8 Å². The molecule has 0 saturated heterocycles. The van der Waals surface area contributed by atoms with Crippen molar-refractivity contribution in [3.05, 3.63) is 41.5 Å². The number of fused-ring (bicyclic) bond motifs is 1. The molecule has 10 heteroatoms. The van der Waals surface area contributed by atoms with Crippen LogP contribution in [-0.2, 0) is 16.0 Å². The van der Waals surface area contributed by atoms with Gasteiger partial charge in [-0.2, -0.15) is 4.98 Å². The summed E-state index contributed by atoms with van der Waals surface area (Å²) in [6.07, 6.45) is -1.87. The molecule has 1 atom stereocenters. The number of benzene rings is 1. The summed E-state index contributed by atoms with van der Waals surface area (Å²) in [4.78, 5) is 30.8. The van der Waals surface area contributed by atoms with E-state index in [2.05, 4.69) is 15.4 Å². The molecule has 0 spiro atoms. The molecule has 1 unspecified atom stereocenters. The normalized spacial score (nSPS) is 16.4. The van der Waals surface area contributed by atoms with Crippen molar-refractivity contribution in [1.29, 1.82) is 0 Å². The standard InChI is InChI=1S/C21H28FN5O4/c1-20(2,3)30-18(28)27(19(29)31-21(4,5)6)17-24-16-15(23-11-12-26(16)25-17)13-7-9-14(22)10-8-13/h7-10,15,23H,11-12H2,1-6H3. The molecule has 31 heavy (non-hydrogen) atoms. The Kier molecular flexibility index (Phi) is 6.04. The number of imide groups is 1. The third-order valence-corrected chi connectivity index (χ3v) is 4.17. The Bertz CT molecular complexity index is 932. The number of amides is 2. The minimum atomic E-state index is -0.934. The van der Waals surface area contributed by atoms with Gasteiger partial charge in [-0.3, -0.25) is 0 Å². The van der Waals surface area contributed by atoms with E-state index in [1.54, 1.807) is 58.4 Å². The second kappa shape index (κ2) is 8.26. The lowest BCUT2D eigenvalue weighted by Gasteiger charge is -2.26. The highest BCUT2D eigenvalue weighted by atomic mass is 19.1. The number of halogens is 1. The number of nitrogens with one attached hydrogen (secondary N) is 1. The molecule has 1 aromatic carbocycles. The summed E-state index contributed by atoms with van der Waals surface area (Å²) in [6, 6.07) is 5.64. The number of nitrogens with zero attached hydrogens (tertiary/aromatic N) is 4. The van der Waals surface area contributed by atoms with Crippen LogP contribution in [0.25, 0.3) is 0 Å². The Balaban J connectivity index is 1.99. The van der Waals surface area contributed by atoms with Crippen molar-refractivity contribution in [2.75, 3.05) is 11.4 Å². The van der Waals surface area contributed by atoms with E-state index in [9.17, 15) is 14.0 Å². The van der Waals surface area contributed by atoms with Crippen molar-refractivity contribution in [3.8, 4) is 0 Å². The van der Waals surface area contributed by atoms with Gasteiger partial charge in [0.1, 0.15) is 17.0 Å². The van der Waals surface area contributed by atoms with Gasteiger partial charge in [0.15, 0.2) is 5.82 Å². The van der Waals surface area contributed by atoms with Gasteiger partial charge in [0.25, 0.3) is 5.95 Å². The summed E-state index contributed by atoms with van der Waals surface area (Å²) < 4.78 is 25.7. The smallest absolute Gasteiger partial charge is 0.427 e. The van der Waals surface area contributed by atoms with E-state index in [4.69, 9.17) is 9.47 Å². The lowest BCUT2D eigenvalue weighted by molar-refractivity contribution is 0.0427. The van der Waals surface area contributed by atoms with Crippen molar-refractivity contribution in [1.82, 2.24) is 20.1 Å². The lowest BCUT2D eigenvalue weighted by atomic mass is 10.1. The number of carbonyl (C=O) groups excluding carboxylic acids is 2. The van der Waals surface area contributed by atoms with Crippen molar-refractivity contribution in [2.24, 2.45) is 0 Å². The molecule has 1 N–H and O–H groups in total. The van der Waals surface area contributed by atoms with Crippen LogP contribution in [0.2, 0.25) is 0 Å². The van der Waals surface area contributed by atoms with Crippen molar-refractivity contribution < 1.29 is 23.5 Å². The van der Waals surface area contributed by atoms with Crippen molar-refractivity contribution in [2.45, 2.75) is 65.3 Å². The van der Waals surface area contributed by atoms with E-state index in [0.717, 1.165) is 5.56 Å². The fraction of sp³-hybridized carbons (Fsp3) is 0.524. The van der Waals surface area contributed by atoms with E-state index in [-0.39, 0.29) is 17.8 Å². The number of rotatable bonds is 2. The van der Waals surface area contributed by atoms with Crippen molar-refractivity contribution >= 4 is 18.1 Å². The molecule has 1 aromatic heterocycles. The molecule has 1 aliphatic rings. The first-order chi connectivity index (χ1) is 14.3. The first-order valence-electron chi connectivity index (χ1n) is 10.0. The van der Waals surface area contributed by atoms with Crippen LogP contribution < -0.4 is 10.2 Å². The molecule has 2 aromatic rings. The lowest BCUT2D eigenvalue weighted by Crippen LogP contribution is -2.44. The summed E-state index contributed by atoms with van der Waals surface area (Å²) in [6.45, 7) is 11.2. The van der Waals surface area contributed by atoms with Gasteiger partial charge in [0.2, 0.25) is 0 Å². The zero-order valence-corrected chi connectivity index (χ0v) is 18.6. The Morgan fingerprint density at radius 2 is 1.61 bits per heavy atom. The molecule has 0 fully saturated rings. The van der Waals surface area contributed by atoms with Crippen LogP contribution in [0.1, 0.15) is 59.0 Å². The van der Waals surface area contributed by atoms with E-state index >= 15 is 0 Å². The highest BCUT2D eigenvalue weighted by molar-refractivity contribution is 6.08. The number of hydrogen-bond acceptors (Lipinski definition) is 7. The Labute approximate surface area is 180 Å². The van der Waals surface area contributed by atoms with Gasteiger partial charge in [-0.25, -0.2) is 18.7 Å². The van der Waals surface area contributed by atoms with Gasteiger partial charge in [0, 0.05) is 6.54 Å². The summed E-state index contributed by atoms with van der Waals surface area (Å²) in [5.74, 6) is 0.00188. The van der Waals surface area contributed by atoms with Crippen molar-refractivity contribution in [3.63, 3.8) is 0 Å². The molecule has 0 saturated carbocycles. The highest BCUT2D eigenvalue weighted by Gasteiger charge is 2.37. The summed E-state index contributed by atoms with van der Waals surface area (Å²) in [5, 5.41) is 7.66. The van der Waals surface area contributed by atoms with Crippen LogP contribution in [-0.4, -0.2) is 44.7 Å². The molecule has 0 radical (unpaired) electrons. The molecule has 168 valence electrons. The maximum Gasteiger partial charge on any atom is 0.427 e. The topological polar surface area (TPSA) is 98.6 Å². The molecule has 2 heterocycles. The minimum absolute atomic E-state index is 0.144. The quantitative estimate of drug-likeness (QED) is 0.769. The number of carbonyl (C=O) groups is 2. The zero-order chi connectivity index (χ0) is 23.0. The molecule has 9 nitrogen and oxygen atoms in total. The highest BCUT2D eigenvalue weighted by Crippen LogP contribution is 2.27. The third kappa shape index (κ3) is 5.57. The van der Waals surface area contributed by atoms with E-state index in [1.165, 1.54) is 12.1 Å². The van der Waals surface area contributed by atoms with Crippen LogP contribution in [0.5, 0.6) is 0 Å². The van der Waals surface area contributed by atoms with E-state index in [0.29, 0.717) is 23.8 Å². The number of ether oxygens (including phenoxy) is 2. The second-order valence-electron chi connectivity index (χ2n) is 9.23. The van der Waals surface area contributed by atoms with Gasteiger partial charge in [0.05, 0.1) is 12.6 Å².